The van der Waals surface area contributed by atoms with Crippen LogP contribution in [0, 0.1) is 41.5 Å². The number of rotatable bonds is 5. The van der Waals surface area contributed by atoms with E-state index in [1.54, 1.807) is 12.1 Å². The molecule has 0 aliphatic carbocycles. The van der Waals surface area contributed by atoms with Crippen LogP contribution in [0.5, 0.6) is 0 Å². The molecule has 0 bridgehead atoms. The molecule has 4 rings (SSSR count). The molecule has 0 radical (unpaired) electrons. The summed E-state index contributed by atoms with van der Waals surface area (Å²) in [6, 6.07) is 14.8. The van der Waals surface area contributed by atoms with E-state index in [1.807, 2.05) is 21.5 Å². The van der Waals surface area contributed by atoms with E-state index in [2.05, 4.69) is 81.2 Å². The molecule has 0 fully saturated rings. The molecule has 7 heteroatoms. The molecule has 0 saturated heterocycles. The Hall–Kier alpha value is -4.26. The Labute approximate surface area is 204 Å². The Morgan fingerprint density at radius 3 is 1.54 bits per heavy atom. The quantitative estimate of drug-likeness (QED) is 0.271. The minimum Gasteiger partial charge on any atom is -0.478 e. The van der Waals surface area contributed by atoms with E-state index >= 15 is 0 Å². The molecule has 7 nitrogen and oxygen atoms in total. The lowest BCUT2D eigenvalue weighted by Crippen LogP contribution is -2.25. The standard InChI is InChI=1S/C28H29N5O2/c1-17-13-19(3)25(20(4)14-17)32-11-12-33(26-21(5)15-18(2)16-22(26)6)28(32)30-31-29-24-9-7-23(8-10-24)27(34)35/h7-16H,1-6H3,(H,34,35). The van der Waals surface area contributed by atoms with Gasteiger partial charge in [0.05, 0.1) is 22.6 Å². The lowest BCUT2D eigenvalue weighted by Gasteiger charge is -2.14. The number of aryl methyl sites for hydroxylation is 6. The minimum absolute atomic E-state index is 0.197. The van der Waals surface area contributed by atoms with Crippen LogP contribution in [0.25, 0.3) is 11.4 Å². The average Bonchev–Trinajstić information content (AvgIpc) is 3.15. The Kier molecular flexibility index (Phi) is 6.51. The number of carboxylic acids is 1. The van der Waals surface area contributed by atoms with E-state index in [4.69, 9.17) is 5.11 Å². The van der Waals surface area contributed by atoms with Crippen LogP contribution in [0.4, 0.5) is 5.69 Å². The highest BCUT2D eigenvalue weighted by atomic mass is 16.4. The summed E-state index contributed by atoms with van der Waals surface area (Å²) < 4.78 is 4.07. The molecule has 0 aliphatic rings. The highest BCUT2D eigenvalue weighted by Gasteiger charge is 2.14. The van der Waals surface area contributed by atoms with Gasteiger partial charge in [-0.05, 0) is 93.3 Å². The summed E-state index contributed by atoms with van der Waals surface area (Å²) in [4.78, 5) is 11.1. The number of nitrogens with zero attached hydrogens (tertiary/aromatic N) is 5. The lowest BCUT2D eigenvalue weighted by atomic mass is 10.0. The number of hydrogen-bond donors (Lipinski definition) is 1. The van der Waals surface area contributed by atoms with Crippen LogP contribution in [-0.2, 0) is 0 Å². The molecule has 0 saturated carbocycles. The summed E-state index contributed by atoms with van der Waals surface area (Å²) in [6.45, 7) is 12.6. The fourth-order valence-corrected chi connectivity index (χ4v) is 4.72. The summed E-state index contributed by atoms with van der Waals surface area (Å²) in [7, 11) is 0. The van der Waals surface area contributed by atoms with Crippen molar-refractivity contribution in [3.05, 3.63) is 105 Å². The predicted molar refractivity (Wildman–Crippen MR) is 137 cm³/mol. The van der Waals surface area contributed by atoms with Gasteiger partial charge in [0.2, 0.25) is 5.62 Å². The van der Waals surface area contributed by atoms with E-state index in [0.29, 0.717) is 11.3 Å². The Bertz CT molecular complexity index is 1400. The number of carboxylic acid groups (broad SMARTS) is 1. The van der Waals surface area contributed by atoms with E-state index in [1.165, 1.54) is 23.3 Å². The number of aromatic carboxylic acids is 1. The molecule has 0 aliphatic heterocycles. The van der Waals surface area contributed by atoms with E-state index < -0.39 is 5.97 Å². The van der Waals surface area contributed by atoms with E-state index in [0.717, 1.165) is 33.6 Å². The summed E-state index contributed by atoms with van der Waals surface area (Å²) >= 11 is 0. The van der Waals surface area contributed by atoms with Crippen LogP contribution in [0.1, 0.15) is 43.7 Å². The van der Waals surface area contributed by atoms with Crippen molar-refractivity contribution < 1.29 is 9.90 Å². The van der Waals surface area contributed by atoms with Gasteiger partial charge in [0.15, 0.2) is 0 Å². The molecule has 3 aromatic carbocycles. The van der Waals surface area contributed by atoms with Gasteiger partial charge in [-0.15, -0.1) is 5.11 Å². The SMILES string of the molecule is Cc1cc(C)c(-n2ccn(-c3c(C)cc(C)cc3C)c2=NN=Nc2ccc(C(=O)O)cc2)c(C)c1. The van der Waals surface area contributed by atoms with Crippen molar-refractivity contribution in [3.8, 4) is 11.4 Å². The molecule has 0 spiro atoms. The highest BCUT2D eigenvalue weighted by Crippen LogP contribution is 2.23. The van der Waals surface area contributed by atoms with Crippen molar-refractivity contribution >= 4 is 11.7 Å². The fraction of sp³-hybridized carbons (Fsp3) is 0.214. The number of hydrogen-bond acceptors (Lipinski definition) is 3. The van der Waals surface area contributed by atoms with Crippen LogP contribution in [0.2, 0.25) is 0 Å². The monoisotopic (exact) mass is 467 g/mol. The topological polar surface area (TPSA) is 84.2 Å². The van der Waals surface area contributed by atoms with Crippen LogP contribution in [-0.4, -0.2) is 20.2 Å². The van der Waals surface area contributed by atoms with Gasteiger partial charge in [0.25, 0.3) is 0 Å². The van der Waals surface area contributed by atoms with Gasteiger partial charge in [0, 0.05) is 12.4 Å². The molecule has 0 unspecified atom stereocenters. The third-order valence-electron chi connectivity index (χ3n) is 5.96. The molecule has 35 heavy (non-hydrogen) atoms. The molecule has 0 atom stereocenters. The third kappa shape index (κ3) is 4.84. The van der Waals surface area contributed by atoms with Crippen LogP contribution >= 0.6 is 0 Å². The Morgan fingerprint density at radius 1 is 0.714 bits per heavy atom. The van der Waals surface area contributed by atoms with E-state index in [-0.39, 0.29) is 5.56 Å². The molecule has 178 valence electrons. The lowest BCUT2D eigenvalue weighted by molar-refractivity contribution is 0.0697. The number of benzene rings is 3. The van der Waals surface area contributed by atoms with Gasteiger partial charge < -0.3 is 5.11 Å². The summed E-state index contributed by atoms with van der Waals surface area (Å²) in [5.74, 6) is -0.982. The first-order valence-electron chi connectivity index (χ1n) is 11.4. The molecular weight excluding hydrogens is 438 g/mol. The largest absolute Gasteiger partial charge is 0.478 e. The second kappa shape index (κ2) is 9.54. The molecular formula is C28H29N5O2. The van der Waals surface area contributed by atoms with Crippen LogP contribution < -0.4 is 5.62 Å². The smallest absolute Gasteiger partial charge is 0.335 e. The van der Waals surface area contributed by atoms with Crippen molar-refractivity contribution in [2.24, 2.45) is 15.4 Å². The zero-order valence-corrected chi connectivity index (χ0v) is 20.9. The molecule has 1 heterocycles. The molecule has 0 amide bonds. The van der Waals surface area contributed by atoms with Gasteiger partial charge in [0.1, 0.15) is 0 Å². The number of imidazole rings is 1. The number of aromatic nitrogens is 2. The molecule has 1 aromatic heterocycles. The predicted octanol–water partition coefficient (Wildman–Crippen LogP) is 6.42. The Morgan fingerprint density at radius 2 is 1.14 bits per heavy atom. The summed E-state index contributed by atoms with van der Waals surface area (Å²) in [6.07, 6.45) is 4.00. The van der Waals surface area contributed by atoms with Crippen LogP contribution in [0.15, 0.2) is 76.4 Å². The summed E-state index contributed by atoms with van der Waals surface area (Å²) in [5, 5.41) is 22.0. The normalized spacial score (nSPS) is 11.3. The fourth-order valence-electron chi connectivity index (χ4n) is 4.72. The van der Waals surface area contributed by atoms with Crippen molar-refractivity contribution in [2.45, 2.75) is 41.5 Å². The number of carbonyl (C=O) groups is 1. The van der Waals surface area contributed by atoms with Crippen LogP contribution in [0.3, 0.4) is 0 Å². The van der Waals surface area contributed by atoms with Gasteiger partial charge in [-0.2, -0.15) is 0 Å². The Balaban J connectivity index is 1.91. The van der Waals surface area contributed by atoms with E-state index in [9.17, 15) is 4.79 Å². The highest BCUT2D eigenvalue weighted by molar-refractivity contribution is 5.87. The summed E-state index contributed by atoms with van der Waals surface area (Å²) in [5.41, 5.74) is 10.4. The first kappa shape index (κ1) is 23.9. The third-order valence-corrected chi connectivity index (χ3v) is 5.96. The molecule has 4 aromatic rings. The molecule has 1 N–H and O–H groups in total. The van der Waals surface area contributed by atoms with Crippen molar-refractivity contribution in [1.29, 1.82) is 0 Å². The average molecular weight is 468 g/mol. The first-order valence-corrected chi connectivity index (χ1v) is 11.4. The van der Waals surface area contributed by atoms with Crippen molar-refractivity contribution in [1.82, 2.24) is 9.13 Å². The zero-order valence-electron chi connectivity index (χ0n) is 20.9. The first-order chi connectivity index (χ1) is 16.7. The maximum Gasteiger partial charge on any atom is 0.335 e. The van der Waals surface area contributed by atoms with Crippen molar-refractivity contribution in [2.75, 3.05) is 0 Å². The zero-order chi connectivity index (χ0) is 25.3. The van der Waals surface area contributed by atoms with Gasteiger partial charge in [-0.3, -0.25) is 9.13 Å². The van der Waals surface area contributed by atoms with Gasteiger partial charge in [-0.1, -0.05) is 40.5 Å². The second-order valence-corrected chi connectivity index (χ2v) is 8.97. The van der Waals surface area contributed by atoms with Crippen molar-refractivity contribution in [3.63, 3.8) is 0 Å². The van der Waals surface area contributed by atoms with Gasteiger partial charge in [-0.25, -0.2) is 4.79 Å². The maximum absolute atomic E-state index is 11.1. The van der Waals surface area contributed by atoms with Gasteiger partial charge >= 0.3 is 5.97 Å². The second-order valence-electron chi connectivity index (χ2n) is 8.97. The minimum atomic E-state index is -0.982. The maximum atomic E-state index is 11.1.